The van der Waals surface area contributed by atoms with E-state index in [-0.39, 0.29) is 10.0 Å². The molecule has 20 heavy (non-hydrogen) atoms. The monoisotopic (exact) mass is 423 g/mol. The van der Waals surface area contributed by atoms with E-state index >= 15 is 0 Å². The molecule has 2 aromatic rings. The lowest BCUT2D eigenvalue weighted by atomic mass is 9.98. The van der Waals surface area contributed by atoms with Crippen LogP contribution in [-0.4, -0.2) is 7.05 Å². The number of hydrogen-bond acceptors (Lipinski definition) is 1. The first-order chi connectivity index (χ1) is 9.45. The summed E-state index contributed by atoms with van der Waals surface area (Å²) in [6, 6.07) is 7.08. The molecule has 106 valence electrons. The summed E-state index contributed by atoms with van der Waals surface area (Å²) in [6.45, 7) is 0. The molecule has 0 aliphatic heterocycles. The Hall–Kier alpha value is -0.490. The zero-order valence-electron chi connectivity index (χ0n) is 10.4. The quantitative estimate of drug-likeness (QED) is 0.645. The molecule has 2 rings (SSSR count). The van der Waals surface area contributed by atoms with Gasteiger partial charge in [0.25, 0.3) is 0 Å². The van der Waals surface area contributed by atoms with Crippen LogP contribution in [-0.2, 0) is 0 Å². The fourth-order valence-electron chi connectivity index (χ4n) is 2.00. The van der Waals surface area contributed by atoms with E-state index in [1.807, 2.05) is 0 Å². The Bertz CT molecular complexity index is 649. The Morgan fingerprint density at radius 1 is 1.15 bits per heavy atom. The predicted molar refractivity (Wildman–Crippen MR) is 84.1 cm³/mol. The fraction of sp³-hybridized carbons (Fsp3) is 0.143. The van der Waals surface area contributed by atoms with Crippen LogP contribution in [0.1, 0.15) is 17.2 Å². The molecule has 0 bridgehead atoms. The summed E-state index contributed by atoms with van der Waals surface area (Å²) < 4.78 is 29.2. The van der Waals surface area contributed by atoms with E-state index in [9.17, 15) is 8.78 Å². The predicted octanol–water partition coefficient (Wildman–Crippen LogP) is 5.45. The maximum absolute atomic E-state index is 14.2. The van der Waals surface area contributed by atoms with Crippen molar-refractivity contribution >= 4 is 43.5 Å². The van der Waals surface area contributed by atoms with Gasteiger partial charge in [0.1, 0.15) is 11.6 Å². The van der Waals surface area contributed by atoms with Crippen molar-refractivity contribution < 1.29 is 8.78 Å². The Labute approximate surface area is 137 Å². The molecule has 1 unspecified atom stereocenters. The molecule has 0 spiro atoms. The lowest BCUT2D eigenvalue weighted by Crippen LogP contribution is -2.21. The maximum atomic E-state index is 14.2. The van der Waals surface area contributed by atoms with Crippen LogP contribution in [0.4, 0.5) is 8.78 Å². The topological polar surface area (TPSA) is 12.0 Å². The molecule has 0 aliphatic rings. The van der Waals surface area contributed by atoms with Crippen molar-refractivity contribution in [1.29, 1.82) is 0 Å². The normalized spacial score (nSPS) is 12.5. The second-order valence-corrected chi connectivity index (χ2v) is 6.32. The average Bonchev–Trinajstić information content (AvgIpc) is 2.40. The van der Waals surface area contributed by atoms with Crippen LogP contribution in [0, 0.1) is 11.6 Å². The second kappa shape index (κ2) is 6.52. The molecule has 0 amide bonds. The zero-order chi connectivity index (χ0) is 14.9. The summed E-state index contributed by atoms with van der Waals surface area (Å²) in [6.07, 6.45) is 0. The van der Waals surface area contributed by atoms with E-state index < -0.39 is 17.7 Å². The Balaban J connectivity index is 2.61. The first-order valence-corrected chi connectivity index (χ1v) is 7.67. The first kappa shape index (κ1) is 15.9. The van der Waals surface area contributed by atoms with Gasteiger partial charge in [0, 0.05) is 15.1 Å². The van der Waals surface area contributed by atoms with Crippen molar-refractivity contribution in [2.75, 3.05) is 7.05 Å². The second-order valence-electron chi connectivity index (χ2n) is 4.14. The van der Waals surface area contributed by atoms with Crippen molar-refractivity contribution in [3.63, 3.8) is 0 Å². The minimum atomic E-state index is -0.673. The standard InChI is InChI=1S/C14H10Br2ClF2N/c1-20-14(8-3-2-7(15)6-10(8)17)12-11(18)5-4-9(16)13(12)19/h2-6,14,20H,1H3. The fourth-order valence-corrected chi connectivity index (χ4v) is 3.13. The van der Waals surface area contributed by atoms with E-state index in [1.165, 1.54) is 12.1 Å². The number of hydrogen-bond donors (Lipinski definition) is 1. The highest BCUT2D eigenvalue weighted by Gasteiger charge is 2.24. The highest BCUT2D eigenvalue weighted by molar-refractivity contribution is 9.10. The summed E-state index contributed by atoms with van der Waals surface area (Å²) in [5, 5.41) is 3.33. The average molecular weight is 425 g/mol. The third-order valence-corrected chi connectivity index (χ3v) is 4.36. The van der Waals surface area contributed by atoms with Gasteiger partial charge in [-0.1, -0.05) is 33.6 Å². The summed E-state index contributed by atoms with van der Waals surface area (Å²) in [5.41, 5.74) is 0.541. The number of halogens is 5. The lowest BCUT2D eigenvalue weighted by Gasteiger charge is -2.20. The van der Waals surface area contributed by atoms with Crippen LogP contribution in [0.25, 0.3) is 0 Å². The molecule has 1 nitrogen and oxygen atoms in total. The van der Waals surface area contributed by atoms with Gasteiger partial charge in [-0.15, -0.1) is 0 Å². The van der Waals surface area contributed by atoms with Crippen molar-refractivity contribution in [2.24, 2.45) is 0 Å². The van der Waals surface area contributed by atoms with Gasteiger partial charge in [-0.05, 0) is 52.8 Å². The van der Waals surface area contributed by atoms with Gasteiger partial charge in [-0.3, -0.25) is 0 Å². The van der Waals surface area contributed by atoms with Gasteiger partial charge < -0.3 is 5.32 Å². The molecule has 0 aliphatic carbocycles. The molecule has 0 saturated heterocycles. The minimum absolute atomic E-state index is 0.0638. The van der Waals surface area contributed by atoms with Gasteiger partial charge in [0.2, 0.25) is 0 Å². The SMILES string of the molecule is CNC(c1ccc(Br)cc1Cl)c1c(F)ccc(Br)c1F. The smallest absolute Gasteiger partial charge is 0.145 e. The van der Waals surface area contributed by atoms with Gasteiger partial charge in [-0.25, -0.2) is 8.78 Å². The first-order valence-electron chi connectivity index (χ1n) is 5.71. The minimum Gasteiger partial charge on any atom is -0.309 e. The summed E-state index contributed by atoms with van der Waals surface area (Å²) in [4.78, 5) is 0. The molecule has 0 heterocycles. The number of nitrogens with one attached hydrogen (secondary N) is 1. The van der Waals surface area contributed by atoms with Crippen molar-refractivity contribution in [1.82, 2.24) is 5.32 Å². The highest BCUT2D eigenvalue weighted by Crippen LogP contribution is 2.34. The van der Waals surface area contributed by atoms with Crippen LogP contribution in [0.3, 0.4) is 0 Å². The lowest BCUT2D eigenvalue weighted by molar-refractivity contribution is 0.518. The number of benzene rings is 2. The molecular weight excluding hydrogens is 415 g/mol. The Morgan fingerprint density at radius 2 is 1.85 bits per heavy atom. The van der Waals surface area contributed by atoms with Crippen LogP contribution in [0.5, 0.6) is 0 Å². The van der Waals surface area contributed by atoms with Gasteiger partial charge >= 0.3 is 0 Å². The van der Waals surface area contributed by atoms with Crippen molar-refractivity contribution in [3.05, 3.63) is 67.1 Å². The molecule has 6 heteroatoms. The summed E-state index contributed by atoms with van der Waals surface area (Å²) in [7, 11) is 1.63. The molecule has 0 fully saturated rings. The van der Waals surface area contributed by atoms with Crippen molar-refractivity contribution in [2.45, 2.75) is 6.04 Å². The highest BCUT2D eigenvalue weighted by atomic mass is 79.9. The zero-order valence-corrected chi connectivity index (χ0v) is 14.3. The molecule has 1 N–H and O–H groups in total. The van der Waals surface area contributed by atoms with Gasteiger partial charge in [0.15, 0.2) is 0 Å². The summed E-state index contributed by atoms with van der Waals surface area (Å²) in [5.74, 6) is -1.26. The molecule has 0 radical (unpaired) electrons. The third-order valence-electron chi connectivity index (χ3n) is 2.93. The van der Waals surface area contributed by atoms with E-state index in [4.69, 9.17) is 11.6 Å². The van der Waals surface area contributed by atoms with E-state index in [2.05, 4.69) is 37.2 Å². The van der Waals surface area contributed by atoms with Crippen LogP contribution < -0.4 is 5.32 Å². The van der Waals surface area contributed by atoms with Crippen LogP contribution in [0.15, 0.2) is 39.3 Å². The maximum Gasteiger partial charge on any atom is 0.145 e. The molecular formula is C14H10Br2ClF2N. The Kier molecular flexibility index (Phi) is 5.18. The molecule has 1 atom stereocenters. The molecule has 0 saturated carbocycles. The molecule has 0 aromatic heterocycles. The third kappa shape index (κ3) is 3.06. The number of rotatable bonds is 3. The largest absolute Gasteiger partial charge is 0.309 e. The van der Waals surface area contributed by atoms with E-state index in [0.717, 1.165) is 4.47 Å². The van der Waals surface area contributed by atoms with Crippen LogP contribution in [0.2, 0.25) is 5.02 Å². The molecule has 2 aromatic carbocycles. The summed E-state index contributed by atoms with van der Waals surface area (Å²) >= 11 is 12.5. The van der Waals surface area contributed by atoms with E-state index in [1.54, 1.807) is 25.2 Å². The van der Waals surface area contributed by atoms with Gasteiger partial charge in [0.05, 0.1) is 10.5 Å². The van der Waals surface area contributed by atoms with Crippen LogP contribution >= 0.6 is 43.5 Å². The van der Waals surface area contributed by atoms with E-state index in [0.29, 0.717) is 10.6 Å². The van der Waals surface area contributed by atoms with Crippen molar-refractivity contribution in [3.8, 4) is 0 Å². The van der Waals surface area contributed by atoms with Gasteiger partial charge in [-0.2, -0.15) is 0 Å². The Morgan fingerprint density at radius 3 is 2.45 bits per heavy atom.